The summed E-state index contributed by atoms with van der Waals surface area (Å²) < 4.78 is 11.4. The topological polar surface area (TPSA) is 53.8 Å². The molecule has 7 heteroatoms. The predicted octanol–water partition coefficient (Wildman–Crippen LogP) is 2.29. The number of aromatic nitrogens is 1. The van der Waals surface area contributed by atoms with E-state index >= 15 is 0 Å². The summed E-state index contributed by atoms with van der Waals surface area (Å²) in [7, 11) is 0. The summed E-state index contributed by atoms with van der Waals surface area (Å²) in [6, 6.07) is 10.0. The highest BCUT2D eigenvalue weighted by Gasteiger charge is 2.41. The molecule has 1 N–H and O–H groups in total. The zero-order valence-electron chi connectivity index (χ0n) is 14.9. The van der Waals surface area contributed by atoms with Crippen molar-refractivity contribution in [2.75, 3.05) is 39.4 Å². The second-order valence-corrected chi connectivity index (χ2v) is 7.11. The largest absolute Gasteiger partial charge is 0.464 e. The molecule has 6 nitrogen and oxygen atoms in total. The molecule has 0 bridgehead atoms. The first kappa shape index (κ1) is 17.5. The van der Waals surface area contributed by atoms with Gasteiger partial charge in [-0.2, -0.15) is 0 Å². The van der Waals surface area contributed by atoms with E-state index in [1.54, 1.807) is 0 Å². The molecular weight excluding hydrogens is 348 g/mol. The Kier molecular flexibility index (Phi) is 5.19. The SMILES string of the molecule is Cc1ccc([C@H]2[C@@H](c3ccccn3)NC(=S)N2CCN2CCOCC2)o1. The van der Waals surface area contributed by atoms with E-state index in [0.29, 0.717) is 0 Å². The fourth-order valence-electron chi connectivity index (χ4n) is 3.64. The van der Waals surface area contributed by atoms with Crippen molar-refractivity contribution in [3.8, 4) is 0 Å². The van der Waals surface area contributed by atoms with E-state index < -0.39 is 0 Å². The second kappa shape index (κ2) is 7.73. The Morgan fingerprint density at radius 2 is 2.04 bits per heavy atom. The molecule has 0 unspecified atom stereocenters. The number of nitrogens with zero attached hydrogens (tertiary/aromatic N) is 3. The van der Waals surface area contributed by atoms with E-state index in [9.17, 15) is 0 Å². The van der Waals surface area contributed by atoms with Gasteiger partial charge in [0, 0.05) is 32.4 Å². The van der Waals surface area contributed by atoms with Crippen molar-refractivity contribution in [1.29, 1.82) is 0 Å². The molecule has 2 aliphatic rings. The number of furan rings is 1. The molecule has 4 heterocycles. The average Bonchev–Trinajstić information content (AvgIpc) is 3.24. The quantitative estimate of drug-likeness (QED) is 0.808. The number of thiocarbonyl (C=S) groups is 1. The van der Waals surface area contributed by atoms with Crippen molar-refractivity contribution in [1.82, 2.24) is 20.1 Å². The lowest BCUT2D eigenvalue weighted by Crippen LogP contribution is -2.42. The molecule has 2 aromatic heterocycles. The van der Waals surface area contributed by atoms with Crippen molar-refractivity contribution in [2.45, 2.75) is 19.0 Å². The lowest BCUT2D eigenvalue weighted by Gasteiger charge is -2.31. The summed E-state index contributed by atoms with van der Waals surface area (Å²) in [6.07, 6.45) is 1.82. The van der Waals surface area contributed by atoms with Crippen LogP contribution >= 0.6 is 12.2 Å². The van der Waals surface area contributed by atoms with E-state index in [2.05, 4.69) is 20.1 Å². The van der Waals surface area contributed by atoms with Crippen LogP contribution in [0.3, 0.4) is 0 Å². The summed E-state index contributed by atoms with van der Waals surface area (Å²) >= 11 is 5.67. The molecule has 2 saturated heterocycles. The standard InChI is InChI=1S/C19H24N4O2S/c1-14-5-6-16(25-14)18-17(15-4-2-3-7-20-15)21-19(26)23(18)9-8-22-10-12-24-13-11-22/h2-7,17-18H,8-13H2,1H3,(H,21,26)/t17-,18+/m1/s1. The Hall–Kier alpha value is -1.96. The molecule has 2 atom stereocenters. The van der Waals surface area contributed by atoms with Gasteiger partial charge in [0.2, 0.25) is 0 Å². The first-order valence-corrected chi connectivity index (χ1v) is 9.48. The molecule has 26 heavy (non-hydrogen) atoms. The van der Waals surface area contributed by atoms with Crippen LogP contribution in [0.1, 0.15) is 29.3 Å². The minimum atomic E-state index is -0.0149. The van der Waals surface area contributed by atoms with Crippen molar-refractivity contribution >= 4 is 17.3 Å². The Bertz CT molecular complexity index is 745. The number of pyridine rings is 1. The maximum atomic E-state index is 5.99. The van der Waals surface area contributed by atoms with Crippen LogP contribution in [0.5, 0.6) is 0 Å². The van der Waals surface area contributed by atoms with Gasteiger partial charge in [0.1, 0.15) is 17.6 Å². The zero-order chi connectivity index (χ0) is 17.9. The number of aryl methyl sites for hydroxylation is 1. The molecule has 2 aromatic rings. The van der Waals surface area contributed by atoms with Gasteiger partial charge < -0.3 is 19.4 Å². The fraction of sp³-hybridized carbons (Fsp3) is 0.474. The molecule has 0 amide bonds. The Morgan fingerprint density at radius 1 is 1.19 bits per heavy atom. The number of hydrogen-bond acceptors (Lipinski definition) is 5. The van der Waals surface area contributed by atoms with Crippen LogP contribution in [0.4, 0.5) is 0 Å². The van der Waals surface area contributed by atoms with Gasteiger partial charge in [-0.05, 0) is 43.4 Å². The summed E-state index contributed by atoms with van der Waals surface area (Å²) in [5.74, 6) is 1.83. The molecule has 138 valence electrons. The van der Waals surface area contributed by atoms with Gasteiger partial charge in [-0.1, -0.05) is 6.07 Å². The lowest BCUT2D eigenvalue weighted by atomic mass is 10.0. The van der Waals surface area contributed by atoms with Crippen LogP contribution in [-0.4, -0.2) is 59.3 Å². The van der Waals surface area contributed by atoms with Crippen LogP contribution in [0.2, 0.25) is 0 Å². The third-order valence-corrected chi connectivity index (χ3v) is 5.36. The highest BCUT2D eigenvalue weighted by atomic mass is 32.1. The lowest BCUT2D eigenvalue weighted by molar-refractivity contribution is 0.0347. The van der Waals surface area contributed by atoms with Gasteiger partial charge >= 0.3 is 0 Å². The first-order chi connectivity index (χ1) is 12.7. The monoisotopic (exact) mass is 372 g/mol. The normalized spacial score (nSPS) is 24.0. The van der Waals surface area contributed by atoms with Gasteiger partial charge in [0.15, 0.2) is 5.11 Å². The van der Waals surface area contributed by atoms with Crippen LogP contribution in [0, 0.1) is 6.92 Å². The minimum absolute atomic E-state index is 0.00661. The maximum absolute atomic E-state index is 5.99. The fourth-order valence-corrected chi connectivity index (χ4v) is 3.97. The van der Waals surface area contributed by atoms with Crippen LogP contribution in [-0.2, 0) is 4.74 Å². The molecular formula is C19H24N4O2S. The highest BCUT2D eigenvalue weighted by molar-refractivity contribution is 7.80. The third-order valence-electron chi connectivity index (χ3n) is 5.01. The summed E-state index contributed by atoms with van der Waals surface area (Å²) in [4.78, 5) is 9.20. The third kappa shape index (κ3) is 3.60. The van der Waals surface area contributed by atoms with E-state index in [1.807, 2.05) is 43.5 Å². The van der Waals surface area contributed by atoms with Crippen molar-refractivity contribution in [2.24, 2.45) is 0 Å². The smallest absolute Gasteiger partial charge is 0.170 e. The average molecular weight is 372 g/mol. The molecule has 0 aromatic carbocycles. The van der Waals surface area contributed by atoms with Crippen LogP contribution < -0.4 is 5.32 Å². The van der Waals surface area contributed by atoms with Crippen LogP contribution in [0.25, 0.3) is 0 Å². The Balaban J connectivity index is 1.57. The number of hydrogen-bond donors (Lipinski definition) is 1. The van der Waals surface area contributed by atoms with E-state index in [1.165, 1.54) is 0 Å². The van der Waals surface area contributed by atoms with Gasteiger partial charge in [0.05, 0.1) is 24.9 Å². The molecule has 0 spiro atoms. The zero-order valence-corrected chi connectivity index (χ0v) is 15.7. The van der Waals surface area contributed by atoms with Crippen molar-refractivity contribution in [3.05, 3.63) is 53.7 Å². The number of nitrogens with one attached hydrogen (secondary N) is 1. The molecule has 0 aliphatic carbocycles. The number of morpholine rings is 1. The maximum Gasteiger partial charge on any atom is 0.170 e. The van der Waals surface area contributed by atoms with E-state index in [-0.39, 0.29) is 12.1 Å². The van der Waals surface area contributed by atoms with Crippen molar-refractivity contribution < 1.29 is 9.15 Å². The second-order valence-electron chi connectivity index (χ2n) is 6.72. The Morgan fingerprint density at radius 3 is 2.73 bits per heavy atom. The van der Waals surface area contributed by atoms with Gasteiger partial charge in [-0.3, -0.25) is 9.88 Å². The van der Waals surface area contributed by atoms with Crippen molar-refractivity contribution in [3.63, 3.8) is 0 Å². The predicted molar refractivity (Wildman–Crippen MR) is 103 cm³/mol. The molecule has 2 aliphatic heterocycles. The Labute approximate surface area is 159 Å². The van der Waals surface area contributed by atoms with Crippen LogP contribution in [0.15, 0.2) is 40.9 Å². The molecule has 2 fully saturated rings. The number of ether oxygens (including phenoxy) is 1. The van der Waals surface area contributed by atoms with E-state index in [0.717, 1.165) is 61.7 Å². The molecule has 0 radical (unpaired) electrons. The summed E-state index contributed by atoms with van der Waals surface area (Å²) in [5.41, 5.74) is 0.975. The first-order valence-electron chi connectivity index (χ1n) is 9.07. The molecule has 4 rings (SSSR count). The minimum Gasteiger partial charge on any atom is -0.464 e. The van der Waals surface area contributed by atoms with Gasteiger partial charge in [0.25, 0.3) is 0 Å². The van der Waals surface area contributed by atoms with E-state index in [4.69, 9.17) is 21.4 Å². The summed E-state index contributed by atoms with van der Waals surface area (Å²) in [6.45, 7) is 7.33. The highest BCUT2D eigenvalue weighted by Crippen LogP contribution is 2.38. The summed E-state index contributed by atoms with van der Waals surface area (Å²) in [5, 5.41) is 4.21. The van der Waals surface area contributed by atoms with Gasteiger partial charge in [-0.15, -0.1) is 0 Å². The molecule has 0 saturated carbocycles. The number of rotatable bonds is 5. The van der Waals surface area contributed by atoms with Gasteiger partial charge in [-0.25, -0.2) is 0 Å².